The fourth-order valence-electron chi connectivity index (χ4n) is 2.35. The Morgan fingerprint density at radius 1 is 1.14 bits per heavy atom. The Kier molecular flexibility index (Phi) is 3.60. The van der Waals surface area contributed by atoms with E-state index >= 15 is 0 Å². The van der Waals surface area contributed by atoms with Gasteiger partial charge in [-0.05, 0) is 17.7 Å². The Hall–Kier alpha value is -2.75. The van der Waals surface area contributed by atoms with Gasteiger partial charge in [0.15, 0.2) is 0 Å². The molecule has 3 rings (SSSR count). The number of anilines is 2. The van der Waals surface area contributed by atoms with Gasteiger partial charge in [-0.25, -0.2) is 0 Å². The van der Waals surface area contributed by atoms with Crippen LogP contribution < -0.4 is 15.8 Å². The van der Waals surface area contributed by atoms with Gasteiger partial charge < -0.3 is 15.8 Å². The summed E-state index contributed by atoms with van der Waals surface area (Å²) in [5.74, 6) is 0.744. The van der Waals surface area contributed by atoms with Crippen LogP contribution in [0.1, 0.15) is 5.56 Å². The Balaban J connectivity index is 1.85. The number of nitrogens with one attached hydrogen (secondary N) is 1. The number of ether oxygens (including phenoxy) is 1. The van der Waals surface area contributed by atoms with Crippen LogP contribution in [0.4, 0.5) is 11.4 Å². The smallest absolute Gasteiger partial charge is 0.122 e. The van der Waals surface area contributed by atoms with Crippen LogP contribution in [0.5, 0.6) is 5.75 Å². The van der Waals surface area contributed by atoms with Gasteiger partial charge in [0.2, 0.25) is 0 Å². The van der Waals surface area contributed by atoms with Crippen LogP contribution in [0.2, 0.25) is 0 Å². The zero-order chi connectivity index (χ0) is 14.7. The fraction of sp³-hybridized carbons (Fsp3) is 0.118. The standard InChI is InChI=1S/C17H17N3O/c1-21-16-9-14(18)8-15(10-16)20-11-13-5-2-4-12-6-3-7-19-17(12)13/h2-10,20H,11,18H2,1H3. The van der Waals surface area contributed by atoms with E-state index in [1.807, 2.05) is 30.5 Å². The first-order chi connectivity index (χ1) is 10.3. The van der Waals surface area contributed by atoms with Gasteiger partial charge in [0.1, 0.15) is 5.75 Å². The highest BCUT2D eigenvalue weighted by molar-refractivity contribution is 5.81. The largest absolute Gasteiger partial charge is 0.497 e. The highest BCUT2D eigenvalue weighted by Crippen LogP contribution is 2.23. The maximum Gasteiger partial charge on any atom is 0.122 e. The molecule has 0 aliphatic carbocycles. The van der Waals surface area contributed by atoms with E-state index in [4.69, 9.17) is 10.5 Å². The molecule has 0 atom stereocenters. The van der Waals surface area contributed by atoms with Crippen LogP contribution >= 0.6 is 0 Å². The van der Waals surface area contributed by atoms with Gasteiger partial charge in [0.25, 0.3) is 0 Å². The summed E-state index contributed by atoms with van der Waals surface area (Å²) >= 11 is 0. The molecule has 0 aliphatic heterocycles. The van der Waals surface area contributed by atoms with Crippen molar-refractivity contribution in [1.82, 2.24) is 4.98 Å². The lowest BCUT2D eigenvalue weighted by atomic mass is 10.1. The summed E-state index contributed by atoms with van der Waals surface area (Å²) in [4.78, 5) is 4.46. The number of hydrogen-bond donors (Lipinski definition) is 2. The lowest BCUT2D eigenvalue weighted by molar-refractivity contribution is 0.415. The van der Waals surface area contributed by atoms with Crippen molar-refractivity contribution >= 4 is 22.3 Å². The summed E-state index contributed by atoms with van der Waals surface area (Å²) in [5.41, 5.74) is 9.63. The summed E-state index contributed by atoms with van der Waals surface area (Å²) < 4.78 is 5.23. The minimum atomic E-state index is 0.674. The van der Waals surface area contributed by atoms with E-state index in [0.717, 1.165) is 27.9 Å². The monoisotopic (exact) mass is 279 g/mol. The molecule has 4 heteroatoms. The molecule has 0 aliphatic rings. The minimum Gasteiger partial charge on any atom is -0.497 e. The van der Waals surface area contributed by atoms with Crippen molar-refractivity contribution in [3.05, 3.63) is 60.3 Å². The Labute approximate surface area is 123 Å². The number of benzene rings is 2. The molecule has 0 unspecified atom stereocenters. The Morgan fingerprint density at radius 3 is 2.86 bits per heavy atom. The van der Waals surface area contributed by atoms with E-state index in [0.29, 0.717) is 12.2 Å². The number of nitrogen functional groups attached to an aromatic ring is 1. The number of pyridine rings is 1. The predicted molar refractivity (Wildman–Crippen MR) is 86.5 cm³/mol. The van der Waals surface area contributed by atoms with Gasteiger partial charge >= 0.3 is 0 Å². The molecular formula is C17H17N3O. The molecule has 1 aromatic heterocycles. The summed E-state index contributed by atoms with van der Waals surface area (Å²) in [5, 5.41) is 4.51. The summed E-state index contributed by atoms with van der Waals surface area (Å²) in [6.45, 7) is 0.682. The van der Waals surface area contributed by atoms with Crippen molar-refractivity contribution in [2.24, 2.45) is 0 Å². The number of fused-ring (bicyclic) bond motifs is 1. The third-order valence-electron chi connectivity index (χ3n) is 3.36. The maximum atomic E-state index is 5.86. The van der Waals surface area contributed by atoms with E-state index in [9.17, 15) is 0 Å². The van der Waals surface area contributed by atoms with E-state index in [1.54, 1.807) is 13.2 Å². The second-order valence-corrected chi connectivity index (χ2v) is 4.84. The first-order valence-electron chi connectivity index (χ1n) is 6.77. The van der Waals surface area contributed by atoms with Crippen LogP contribution in [0, 0.1) is 0 Å². The normalized spacial score (nSPS) is 10.5. The molecule has 2 aromatic carbocycles. The second-order valence-electron chi connectivity index (χ2n) is 4.84. The fourth-order valence-corrected chi connectivity index (χ4v) is 2.35. The topological polar surface area (TPSA) is 60.2 Å². The molecule has 3 N–H and O–H groups in total. The number of para-hydroxylation sites is 1. The van der Waals surface area contributed by atoms with Crippen molar-refractivity contribution in [3.8, 4) is 5.75 Å². The SMILES string of the molecule is COc1cc(N)cc(NCc2cccc3cccnc23)c1. The molecule has 0 amide bonds. The quantitative estimate of drug-likeness (QED) is 0.718. The van der Waals surface area contributed by atoms with Gasteiger partial charge in [-0.2, -0.15) is 0 Å². The highest BCUT2D eigenvalue weighted by atomic mass is 16.5. The van der Waals surface area contributed by atoms with Crippen molar-refractivity contribution in [2.75, 3.05) is 18.2 Å². The van der Waals surface area contributed by atoms with Gasteiger partial charge in [-0.3, -0.25) is 4.98 Å². The lowest BCUT2D eigenvalue weighted by Gasteiger charge is -2.11. The van der Waals surface area contributed by atoms with Crippen molar-refractivity contribution in [2.45, 2.75) is 6.54 Å². The minimum absolute atomic E-state index is 0.674. The van der Waals surface area contributed by atoms with Gasteiger partial charge in [-0.1, -0.05) is 24.3 Å². The third kappa shape index (κ3) is 2.89. The number of rotatable bonds is 4. The van der Waals surface area contributed by atoms with Crippen molar-refractivity contribution in [1.29, 1.82) is 0 Å². The van der Waals surface area contributed by atoms with E-state index in [2.05, 4.69) is 28.5 Å². The van der Waals surface area contributed by atoms with Crippen molar-refractivity contribution < 1.29 is 4.74 Å². The van der Waals surface area contributed by atoms with Crippen LogP contribution in [-0.2, 0) is 6.54 Å². The molecule has 0 spiro atoms. The molecule has 4 nitrogen and oxygen atoms in total. The van der Waals surface area contributed by atoms with Gasteiger partial charge in [0.05, 0.1) is 12.6 Å². The van der Waals surface area contributed by atoms with Crippen LogP contribution in [0.3, 0.4) is 0 Å². The van der Waals surface area contributed by atoms with Crippen LogP contribution in [0.15, 0.2) is 54.7 Å². The van der Waals surface area contributed by atoms with Crippen molar-refractivity contribution in [3.63, 3.8) is 0 Å². The van der Waals surface area contributed by atoms with E-state index < -0.39 is 0 Å². The molecular weight excluding hydrogens is 262 g/mol. The molecule has 0 saturated carbocycles. The number of hydrogen-bond acceptors (Lipinski definition) is 4. The van der Waals surface area contributed by atoms with Gasteiger partial charge in [0, 0.05) is 41.6 Å². The summed E-state index contributed by atoms with van der Waals surface area (Å²) in [6.07, 6.45) is 1.81. The second kappa shape index (κ2) is 5.71. The summed E-state index contributed by atoms with van der Waals surface area (Å²) in [6, 6.07) is 15.8. The Morgan fingerprint density at radius 2 is 2.00 bits per heavy atom. The third-order valence-corrected chi connectivity index (χ3v) is 3.36. The average molecular weight is 279 g/mol. The maximum absolute atomic E-state index is 5.86. The number of aromatic nitrogens is 1. The van der Waals surface area contributed by atoms with E-state index in [-0.39, 0.29) is 0 Å². The molecule has 0 fully saturated rings. The first kappa shape index (κ1) is 13.2. The number of nitrogens with zero attached hydrogens (tertiary/aromatic N) is 1. The first-order valence-corrected chi connectivity index (χ1v) is 6.77. The van der Waals surface area contributed by atoms with E-state index in [1.165, 1.54) is 0 Å². The lowest BCUT2D eigenvalue weighted by Crippen LogP contribution is -2.02. The van der Waals surface area contributed by atoms with Crippen LogP contribution in [0.25, 0.3) is 10.9 Å². The number of methoxy groups -OCH3 is 1. The molecule has 1 heterocycles. The molecule has 0 saturated heterocycles. The highest BCUT2D eigenvalue weighted by Gasteiger charge is 2.03. The zero-order valence-corrected chi connectivity index (χ0v) is 11.8. The average Bonchev–Trinajstić information content (AvgIpc) is 2.52. The van der Waals surface area contributed by atoms with Gasteiger partial charge in [-0.15, -0.1) is 0 Å². The van der Waals surface area contributed by atoms with Crippen LogP contribution in [-0.4, -0.2) is 12.1 Å². The molecule has 0 bridgehead atoms. The number of nitrogens with two attached hydrogens (primary N) is 1. The molecule has 3 aromatic rings. The molecule has 21 heavy (non-hydrogen) atoms. The zero-order valence-electron chi connectivity index (χ0n) is 11.8. The molecule has 0 radical (unpaired) electrons. The predicted octanol–water partition coefficient (Wildman–Crippen LogP) is 3.44. The molecule has 106 valence electrons. The summed E-state index contributed by atoms with van der Waals surface area (Å²) in [7, 11) is 1.63. The Bertz CT molecular complexity index is 766.